The van der Waals surface area contributed by atoms with E-state index in [2.05, 4.69) is 0 Å². The Morgan fingerprint density at radius 3 is 2.18 bits per heavy atom. The number of benzene rings is 3. The van der Waals surface area contributed by atoms with E-state index in [-0.39, 0.29) is 4.90 Å². The van der Waals surface area contributed by atoms with Gasteiger partial charge in [-0.1, -0.05) is 30.3 Å². The number of fused-ring (bicyclic) bond motifs is 1. The van der Waals surface area contributed by atoms with Gasteiger partial charge in [0.15, 0.2) is 0 Å². The van der Waals surface area contributed by atoms with E-state index in [0.717, 1.165) is 22.9 Å². The summed E-state index contributed by atoms with van der Waals surface area (Å²) in [6, 6.07) is 18.0. The van der Waals surface area contributed by atoms with Crippen molar-refractivity contribution in [2.24, 2.45) is 0 Å². The Morgan fingerprint density at radius 2 is 1.50 bits per heavy atom. The molecule has 0 bridgehead atoms. The lowest BCUT2D eigenvalue weighted by Crippen LogP contribution is -2.26. The minimum atomic E-state index is -3.71. The van der Waals surface area contributed by atoms with Crippen molar-refractivity contribution in [1.82, 2.24) is 0 Å². The molecule has 0 saturated heterocycles. The Bertz CT molecular complexity index is 921. The predicted octanol–water partition coefficient (Wildman–Crippen LogP) is 3.80. The molecule has 0 unspecified atom stereocenters. The number of hydrogen-bond acceptors (Lipinski definition) is 2. The molecule has 0 aliphatic rings. The molecule has 112 valence electrons. The second-order valence-electron chi connectivity index (χ2n) is 4.96. The second-order valence-corrected chi connectivity index (χ2v) is 6.93. The van der Waals surface area contributed by atoms with Crippen LogP contribution in [0.25, 0.3) is 10.8 Å². The van der Waals surface area contributed by atoms with E-state index in [4.69, 9.17) is 0 Å². The van der Waals surface area contributed by atoms with Crippen LogP contribution < -0.4 is 4.31 Å². The maximum atomic E-state index is 13.0. The molecule has 0 fully saturated rings. The Hall–Kier alpha value is -2.40. The van der Waals surface area contributed by atoms with Crippen LogP contribution in [0.3, 0.4) is 0 Å². The first-order valence-electron chi connectivity index (χ1n) is 6.72. The molecular weight excluding hydrogens is 301 g/mol. The third-order valence-electron chi connectivity index (χ3n) is 3.57. The molecule has 0 radical (unpaired) electrons. The van der Waals surface area contributed by atoms with Crippen LogP contribution in [0.2, 0.25) is 0 Å². The summed E-state index contributed by atoms with van der Waals surface area (Å²) < 4.78 is 39.3. The molecule has 0 atom stereocenters. The summed E-state index contributed by atoms with van der Waals surface area (Å²) in [6.45, 7) is 0. The highest BCUT2D eigenvalue weighted by atomic mass is 32.2. The van der Waals surface area contributed by atoms with E-state index < -0.39 is 15.8 Å². The van der Waals surface area contributed by atoms with Crippen LogP contribution >= 0.6 is 0 Å². The molecule has 22 heavy (non-hydrogen) atoms. The average Bonchev–Trinajstić information content (AvgIpc) is 2.54. The molecule has 3 nitrogen and oxygen atoms in total. The summed E-state index contributed by atoms with van der Waals surface area (Å²) in [5.41, 5.74) is 0.558. The molecule has 3 aromatic carbocycles. The number of anilines is 1. The molecule has 0 aromatic heterocycles. The van der Waals surface area contributed by atoms with Crippen LogP contribution in [0.15, 0.2) is 71.6 Å². The van der Waals surface area contributed by atoms with Crippen LogP contribution in [0.1, 0.15) is 0 Å². The maximum absolute atomic E-state index is 13.0. The molecule has 3 rings (SSSR count). The van der Waals surface area contributed by atoms with E-state index >= 15 is 0 Å². The van der Waals surface area contributed by atoms with Crippen molar-refractivity contribution in [3.05, 3.63) is 72.5 Å². The molecule has 5 heteroatoms. The minimum absolute atomic E-state index is 0.0598. The van der Waals surface area contributed by atoms with Crippen molar-refractivity contribution in [2.45, 2.75) is 4.90 Å². The molecule has 0 N–H and O–H groups in total. The Balaban J connectivity index is 2.03. The van der Waals surface area contributed by atoms with Crippen LogP contribution in [-0.2, 0) is 10.0 Å². The molecule has 0 amide bonds. The van der Waals surface area contributed by atoms with Gasteiger partial charge in [-0.2, -0.15) is 0 Å². The van der Waals surface area contributed by atoms with Crippen molar-refractivity contribution < 1.29 is 12.8 Å². The molecule has 0 heterocycles. The van der Waals surface area contributed by atoms with E-state index in [1.165, 1.54) is 23.5 Å². The summed E-state index contributed by atoms with van der Waals surface area (Å²) in [7, 11) is -2.22. The molecule has 3 aromatic rings. The van der Waals surface area contributed by atoms with Gasteiger partial charge in [-0.15, -0.1) is 0 Å². The third-order valence-corrected chi connectivity index (χ3v) is 5.37. The average molecular weight is 315 g/mol. The number of halogens is 1. The van der Waals surface area contributed by atoms with Gasteiger partial charge in [0.05, 0.1) is 10.6 Å². The molecule has 0 spiro atoms. The Kier molecular flexibility index (Phi) is 3.58. The van der Waals surface area contributed by atoms with Crippen molar-refractivity contribution in [3.8, 4) is 0 Å². The molecule has 0 aliphatic heterocycles. The number of nitrogens with zero attached hydrogens (tertiary/aromatic N) is 1. The topological polar surface area (TPSA) is 37.4 Å². The van der Waals surface area contributed by atoms with Crippen LogP contribution in [0.4, 0.5) is 10.1 Å². The van der Waals surface area contributed by atoms with Crippen molar-refractivity contribution in [2.75, 3.05) is 11.4 Å². The van der Waals surface area contributed by atoms with Gasteiger partial charge in [0.25, 0.3) is 10.0 Å². The van der Waals surface area contributed by atoms with Gasteiger partial charge < -0.3 is 0 Å². The first kappa shape index (κ1) is 14.5. The number of hydrogen-bond donors (Lipinski definition) is 0. The first-order chi connectivity index (χ1) is 10.5. The molecule has 0 saturated carbocycles. The fourth-order valence-corrected chi connectivity index (χ4v) is 3.46. The van der Waals surface area contributed by atoms with Gasteiger partial charge in [0, 0.05) is 7.05 Å². The highest BCUT2D eigenvalue weighted by Crippen LogP contribution is 2.26. The van der Waals surface area contributed by atoms with Gasteiger partial charge in [-0.05, 0) is 47.2 Å². The van der Waals surface area contributed by atoms with Crippen molar-refractivity contribution in [3.63, 3.8) is 0 Å². The zero-order chi connectivity index (χ0) is 15.7. The van der Waals surface area contributed by atoms with Gasteiger partial charge in [0.2, 0.25) is 0 Å². The zero-order valence-electron chi connectivity index (χ0n) is 11.9. The lowest BCUT2D eigenvalue weighted by molar-refractivity contribution is 0.593. The maximum Gasteiger partial charge on any atom is 0.264 e. The third kappa shape index (κ3) is 2.55. The van der Waals surface area contributed by atoms with Crippen LogP contribution in [-0.4, -0.2) is 15.5 Å². The summed E-state index contributed by atoms with van der Waals surface area (Å²) >= 11 is 0. The van der Waals surface area contributed by atoms with Crippen LogP contribution in [0.5, 0.6) is 0 Å². The Morgan fingerprint density at radius 1 is 0.864 bits per heavy atom. The lowest BCUT2D eigenvalue weighted by Gasteiger charge is -2.20. The standard InChI is InChI=1S/C17H14FNO2S/c1-19(22(20,21)17-10-7-15(18)8-11-17)16-9-6-13-4-2-3-5-14(13)12-16/h2-12H,1H3. The van der Waals surface area contributed by atoms with Crippen molar-refractivity contribution >= 4 is 26.5 Å². The fourth-order valence-electron chi connectivity index (χ4n) is 2.28. The van der Waals surface area contributed by atoms with Gasteiger partial charge in [-0.3, -0.25) is 4.31 Å². The largest absolute Gasteiger partial charge is 0.269 e. The summed E-state index contributed by atoms with van der Waals surface area (Å²) in [4.78, 5) is 0.0598. The van der Waals surface area contributed by atoms with E-state index in [0.29, 0.717) is 5.69 Å². The SMILES string of the molecule is CN(c1ccc2ccccc2c1)S(=O)(=O)c1ccc(F)cc1. The molecule has 0 aliphatic carbocycles. The highest BCUT2D eigenvalue weighted by Gasteiger charge is 2.21. The smallest absolute Gasteiger partial charge is 0.264 e. The van der Waals surface area contributed by atoms with Crippen LogP contribution in [0, 0.1) is 5.82 Å². The lowest BCUT2D eigenvalue weighted by atomic mass is 10.1. The van der Waals surface area contributed by atoms with E-state index in [1.54, 1.807) is 6.07 Å². The van der Waals surface area contributed by atoms with Crippen molar-refractivity contribution in [1.29, 1.82) is 0 Å². The molecular formula is C17H14FNO2S. The number of sulfonamides is 1. The van der Waals surface area contributed by atoms with Gasteiger partial charge in [-0.25, -0.2) is 12.8 Å². The summed E-state index contributed by atoms with van der Waals surface area (Å²) in [6.07, 6.45) is 0. The fraction of sp³-hybridized carbons (Fsp3) is 0.0588. The van der Waals surface area contributed by atoms with Gasteiger partial charge in [0.1, 0.15) is 5.82 Å². The number of rotatable bonds is 3. The quantitative estimate of drug-likeness (QED) is 0.737. The summed E-state index contributed by atoms with van der Waals surface area (Å²) in [5, 5.41) is 2.00. The second kappa shape index (κ2) is 5.42. The van der Waals surface area contributed by atoms with E-state index in [9.17, 15) is 12.8 Å². The predicted molar refractivity (Wildman–Crippen MR) is 85.9 cm³/mol. The van der Waals surface area contributed by atoms with E-state index in [1.807, 2.05) is 36.4 Å². The monoisotopic (exact) mass is 315 g/mol. The highest BCUT2D eigenvalue weighted by molar-refractivity contribution is 7.92. The Labute approximate surface area is 128 Å². The summed E-state index contributed by atoms with van der Waals surface area (Å²) in [5.74, 6) is -0.465. The minimum Gasteiger partial charge on any atom is -0.269 e. The first-order valence-corrected chi connectivity index (χ1v) is 8.16. The zero-order valence-corrected chi connectivity index (χ0v) is 12.7. The normalized spacial score (nSPS) is 11.5. The van der Waals surface area contributed by atoms with Gasteiger partial charge >= 0.3 is 0 Å².